The first-order chi connectivity index (χ1) is 15.4. The van der Waals surface area contributed by atoms with Gasteiger partial charge in [-0.15, -0.1) is 0 Å². The molecule has 0 atom stereocenters. The van der Waals surface area contributed by atoms with E-state index in [9.17, 15) is 0 Å². The minimum absolute atomic E-state index is 0.540. The largest absolute Gasteiger partial charge is 0.497 e. The smallest absolute Gasteiger partial charge is 0.120 e. The van der Waals surface area contributed by atoms with Crippen LogP contribution in [-0.4, -0.2) is 25.9 Å². The molecule has 4 rings (SSSR count). The average molecular weight is 489 g/mol. The molecule has 0 spiro atoms. The van der Waals surface area contributed by atoms with Crippen LogP contribution in [-0.2, 0) is 0 Å². The lowest BCUT2D eigenvalue weighted by atomic mass is 10.1. The van der Waals surface area contributed by atoms with Gasteiger partial charge < -0.3 is 18.8 Å². The third-order valence-corrected chi connectivity index (χ3v) is 6.10. The van der Waals surface area contributed by atoms with Gasteiger partial charge in [0.05, 0.1) is 47.8 Å². The van der Waals surface area contributed by atoms with Gasteiger partial charge in [0, 0.05) is 29.0 Å². The Morgan fingerprint density at radius 3 is 1.59 bits per heavy atom. The van der Waals surface area contributed by atoms with Crippen LogP contribution in [0.1, 0.15) is 0 Å². The van der Waals surface area contributed by atoms with Crippen LogP contribution in [0.25, 0.3) is 28.1 Å². The van der Waals surface area contributed by atoms with Crippen molar-refractivity contribution in [1.82, 2.24) is 4.57 Å². The monoisotopic (exact) mass is 487 g/mol. The molecule has 0 fully saturated rings. The van der Waals surface area contributed by atoms with Crippen molar-refractivity contribution in [2.45, 2.75) is 0 Å². The lowest BCUT2D eigenvalue weighted by Crippen LogP contribution is -1.97. The first kappa shape index (κ1) is 22.4. The lowest BCUT2D eigenvalue weighted by molar-refractivity contribution is 0.414. The maximum Gasteiger partial charge on any atom is 0.120 e. The molecular weight excluding hydrogens is 469 g/mol. The van der Waals surface area contributed by atoms with Crippen molar-refractivity contribution in [3.8, 4) is 45.3 Å². The standard InChI is InChI=1S/C25H20Cl3NO3/c1-30-16-4-7-19(21(26)11-16)15-10-25(20-8-5-17(31-2)12-22(20)27)29(14-15)24-9-6-18(32-3)13-23(24)28/h4-14H,1-3H3. The molecule has 0 amide bonds. The van der Waals surface area contributed by atoms with Gasteiger partial charge in [0.1, 0.15) is 17.2 Å². The molecular formula is C25H20Cl3NO3. The maximum absolute atomic E-state index is 6.63. The molecule has 0 N–H and O–H groups in total. The van der Waals surface area contributed by atoms with E-state index >= 15 is 0 Å². The summed E-state index contributed by atoms with van der Waals surface area (Å²) < 4.78 is 17.9. The number of rotatable bonds is 6. The maximum atomic E-state index is 6.63. The normalized spacial score (nSPS) is 10.8. The fraction of sp³-hybridized carbons (Fsp3) is 0.120. The van der Waals surface area contributed by atoms with Crippen molar-refractivity contribution < 1.29 is 14.2 Å². The van der Waals surface area contributed by atoms with E-state index < -0.39 is 0 Å². The van der Waals surface area contributed by atoms with E-state index in [0.717, 1.165) is 28.1 Å². The second-order valence-electron chi connectivity index (χ2n) is 6.99. The first-order valence-electron chi connectivity index (χ1n) is 9.69. The summed E-state index contributed by atoms with van der Waals surface area (Å²) in [5.74, 6) is 2.04. The highest BCUT2D eigenvalue weighted by molar-refractivity contribution is 6.34. The zero-order chi connectivity index (χ0) is 22.8. The number of hydrogen-bond donors (Lipinski definition) is 0. The fourth-order valence-corrected chi connectivity index (χ4v) is 4.32. The summed E-state index contributed by atoms with van der Waals surface area (Å²) in [5, 5.41) is 1.67. The lowest BCUT2D eigenvalue weighted by Gasteiger charge is -2.13. The van der Waals surface area contributed by atoms with E-state index in [2.05, 4.69) is 0 Å². The van der Waals surface area contributed by atoms with Gasteiger partial charge in [-0.05, 0) is 54.6 Å². The minimum atomic E-state index is 0.540. The summed E-state index contributed by atoms with van der Waals surface area (Å²) in [6, 6.07) is 18.7. The Kier molecular flexibility index (Phi) is 6.56. The molecule has 3 aromatic carbocycles. The fourth-order valence-electron chi connectivity index (χ4n) is 3.51. The molecule has 32 heavy (non-hydrogen) atoms. The predicted molar refractivity (Wildman–Crippen MR) is 131 cm³/mol. The van der Waals surface area contributed by atoms with Crippen molar-refractivity contribution in [1.29, 1.82) is 0 Å². The summed E-state index contributed by atoms with van der Waals surface area (Å²) in [4.78, 5) is 0. The molecule has 164 valence electrons. The van der Waals surface area contributed by atoms with Gasteiger partial charge >= 0.3 is 0 Å². The van der Waals surface area contributed by atoms with Crippen LogP contribution in [0, 0.1) is 0 Å². The van der Waals surface area contributed by atoms with E-state index in [4.69, 9.17) is 49.0 Å². The summed E-state index contributed by atoms with van der Waals surface area (Å²) in [6.07, 6.45) is 1.98. The quantitative estimate of drug-likeness (QED) is 0.277. The number of aromatic nitrogens is 1. The molecule has 4 aromatic rings. The minimum Gasteiger partial charge on any atom is -0.497 e. The second kappa shape index (κ2) is 9.37. The van der Waals surface area contributed by atoms with E-state index in [1.54, 1.807) is 39.5 Å². The van der Waals surface area contributed by atoms with Crippen LogP contribution in [0.3, 0.4) is 0 Å². The van der Waals surface area contributed by atoms with Gasteiger partial charge in [-0.1, -0.05) is 34.8 Å². The van der Waals surface area contributed by atoms with Gasteiger partial charge in [0.2, 0.25) is 0 Å². The van der Waals surface area contributed by atoms with E-state index in [0.29, 0.717) is 32.3 Å². The number of nitrogens with zero attached hydrogens (tertiary/aromatic N) is 1. The van der Waals surface area contributed by atoms with Crippen molar-refractivity contribution in [2.75, 3.05) is 21.3 Å². The molecule has 4 nitrogen and oxygen atoms in total. The molecule has 1 heterocycles. The highest BCUT2D eigenvalue weighted by Crippen LogP contribution is 2.40. The van der Waals surface area contributed by atoms with Crippen molar-refractivity contribution in [2.24, 2.45) is 0 Å². The Bertz CT molecular complexity index is 1210. The molecule has 1 aromatic heterocycles. The summed E-state index contributed by atoms with van der Waals surface area (Å²) in [5.41, 5.74) is 4.24. The zero-order valence-electron chi connectivity index (χ0n) is 17.7. The molecule has 7 heteroatoms. The average Bonchev–Trinajstić information content (AvgIpc) is 3.22. The van der Waals surface area contributed by atoms with Crippen LogP contribution in [0.5, 0.6) is 17.2 Å². The van der Waals surface area contributed by atoms with Crippen LogP contribution in [0.4, 0.5) is 0 Å². The molecule has 0 aliphatic heterocycles. The van der Waals surface area contributed by atoms with Gasteiger partial charge in [0.15, 0.2) is 0 Å². The van der Waals surface area contributed by atoms with E-state index in [1.807, 2.05) is 53.2 Å². The molecule has 0 aliphatic rings. The Balaban J connectivity index is 1.94. The van der Waals surface area contributed by atoms with Gasteiger partial charge in [-0.3, -0.25) is 0 Å². The summed E-state index contributed by atoms with van der Waals surface area (Å²) in [6.45, 7) is 0. The zero-order valence-corrected chi connectivity index (χ0v) is 19.9. The number of halogens is 3. The summed E-state index contributed by atoms with van der Waals surface area (Å²) >= 11 is 19.8. The Hall–Kier alpha value is -2.79. The topological polar surface area (TPSA) is 32.6 Å². The molecule has 0 radical (unpaired) electrons. The second-order valence-corrected chi connectivity index (χ2v) is 8.21. The Morgan fingerprint density at radius 1 is 0.594 bits per heavy atom. The Labute approximate surface area is 201 Å². The number of methoxy groups -OCH3 is 3. The van der Waals surface area contributed by atoms with Crippen molar-refractivity contribution in [3.05, 3.63) is 81.9 Å². The third kappa shape index (κ3) is 4.26. The molecule has 0 unspecified atom stereocenters. The predicted octanol–water partition coefficient (Wildman–Crippen LogP) is 7.80. The van der Waals surface area contributed by atoms with Gasteiger partial charge in [-0.25, -0.2) is 0 Å². The number of benzene rings is 3. The third-order valence-electron chi connectivity index (χ3n) is 5.17. The van der Waals surface area contributed by atoms with Crippen molar-refractivity contribution >= 4 is 34.8 Å². The SMILES string of the molecule is COc1ccc(-c2cc(-c3ccc(OC)cc3Cl)n(-c3ccc(OC)cc3Cl)c2)c(Cl)c1. The van der Waals surface area contributed by atoms with Crippen LogP contribution in [0.2, 0.25) is 15.1 Å². The highest BCUT2D eigenvalue weighted by atomic mass is 35.5. The number of ether oxygens (including phenoxy) is 3. The van der Waals surface area contributed by atoms with Crippen LogP contribution < -0.4 is 14.2 Å². The molecule has 0 bridgehead atoms. The Morgan fingerprint density at radius 2 is 1.09 bits per heavy atom. The highest BCUT2D eigenvalue weighted by Gasteiger charge is 2.18. The first-order valence-corrected chi connectivity index (χ1v) is 10.8. The summed E-state index contributed by atoms with van der Waals surface area (Å²) in [7, 11) is 4.82. The van der Waals surface area contributed by atoms with Gasteiger partial charge in [-0.2, -0.15) is 0 Å². The number of hydrogen-bond acceptors (Lipinski definition) is 3. The van der Waals surface area contributed by atoms with Gasteiger partial charge in [0.25, 0.3) is 0 Å². The van der Waals surface area contributed by atoms with Crippen LogP contribution >= 0.6 is 34.8 Å². The van der Waals surface area contributed by atoms with E-state index in [1.165, 1.54) is 0 Å². The molecule has 0 saturated heterocycles. The van der Waals surface area contributed by atoms with E-state index in [-0.39, 0.29) is 0 Å². The van der Waals surface area contributed by atoms with Crippen LogP contribution in [0.15, 0.2) is 66.9 Å². The van der Waals surface area contributed by atoms with Crippen molar-refractivity contribution in [3.63, 3.8) is 0 Å². The molecule has 0 saturated carbocycles. The molecule has 0 aliphatic carbocycles.